The lowest BCUT2D eigenvalue weighted by Crippen LogP contribution is -2.41. The van der Waals surface area contributed by atoms with Crippen LogP contribution in [0.4, 0.5) is 0 Å². The maximum Gasteiger partial charge on any atom is 0.246 e. The zero-order valence-electron chi connectivity index (χ0n) is 9.56. The lowest BCUT2D eigenvalue weighted by Gasteiger charge is -2.19. The molecule has 0 bridgehead atoms. The van der Waals surface area contributed by atoms with E-state index in [1.807, 2.05) is 24.3 Å². The van der Waals surface area contributed by atoms with Crippen LogP contribution in [0, 0.1) is 0 Å². The van der Waals surface area contributed by atoms with Crippen molar-refractivity contribution in [1.82, 2.24) is 5.01 Å². The van der Waals surface area contributed by atoms with E-state index in [1.54, 1.807) is 14.2 Å². The average Bonchev–Trinajstić information content (AvgIpc) is 3.09. The Kier molecular flexibility index (Phi) is 2.59. The lowest BCUT2D eigenvalue weighted by atomic mass is 9.94. The minimum absolute atomic E-state index is 0.0271. The Morgan fingerprint density at radius 1 is 1.50 bits per heavy atom. The first-order valence-corrected chi connectivity index (χ1v) is 5.27. The SMILES string of the molecule is COc1cccc(C2(C(=O)N(C)N)CC2)c1. The Bertz CT molecular complexity index is 411. The minimum Gasteiger partial charge on any atom is -0.497 e. The summed E-state index contributed by atoms with van der Waals surface area (Å²) < 4.78 is 5.16. The van der Waals surface area contributed by atoms with Crippen molar-refractivity contribution in [2.24, 2.45) is 5.84 Å². The second-order valence-corrected chi connectivity index (χ2v) is 4.23. The largest absolute Gasteiger partial charge is 0.497 e. The molecule has 0 saturated heterocycles. The molecule has 1 saturated carbocycles. The number of methoxy groups -OCH3 is 1. The van der Waals surface area contributed by atoms with Gasteiger partial charge in [-0.3, -0.25) is 9.80 Å². The molecule has 2 N–H and O–H groups in total. The van der Waals surface area contributed by atoms with Crippen molar-refractivity contribution in [2.75, 3.05) is 14.2 Å². The van der Waals surface area contributed by atoms with E-state index < -0.39 is 5.41 Å². The standard InChI is InChI=1S/C12H16N2O2/c1-14(13)11(15)12(6-7-12)9-4-3-5-10(8-9)16-2/h3-5,8H,6-7,13H2,1-2H3. The van der Waals surface area contributed by atoms with Crippen LogP contribution >= 0.6 is 0 Å². The Hall–Kier alpha value is -1.55. The predicted molar refractivity (Wildman–Crippen MR) is 60.9 cm³/mol. The topological polar surface area (TPSA) is 55.6 Å². The zero-order valence-corrected chi connectivity index (χ0v) is 9.56. The molecule has 16 heavy (non-hydrogen) atoms. The van der Waals surface area contributed by atoms with Crippen molar-refractivity contribution < 1.29 is 9.53 Å². The summed E-state index contributed by atoms with van der Waals surface area (Å²) in [6, 6.07) is 7.64. The van der Waals surface area contributed by atoms with Crippen LogP contribution in [0.1, 0.15) is 18.4 Å². The molecule has 4 heteroatoms. The molecule has 0 heterocycles. The van der Waals surface area contributed by atoms with Gasteiger partial charge in [0.1, 0.15) is 5.75 Å². The molecule has 0 aromatic heterocycles. The molecule has 0 spiro atoms. The number of nitrogens with two attached hydrogens (primary N) is 1. The maximum atomic E-state index is 12.0. The van der Waals surface area contributed by atoms with Gasteiger partial charge in [0.2, 0.25) is 5.91 Å². The third-order valence-electron chi connectivity index (χ3n) is 3.10. The summed E-state index contributed by atoms with van der Waals surface area (Å²) in [5, 5.41) is 1.17. The van der Waals surface area contributed by atoms with Crippen LogP contribution in [0.3, 0.4) is 0 Å². The molecule has 1 amide bonds. The van der Waals surface area contributed by atoms with Gasteiger partial charge in [-0.05, 0) is 30.5 Å². The predicted octanol–water partition coefficient (Wildman–Crippen LogP) is 1.06. The third kappa shape index (κ3) is 1.65. The van der Waals surface area contributed by atoms with Gasteiger partial charge in [-0.15, -0.1) is 0 Å². The zero-order chi connectivity index (χ0) is 11.8. The van der Waals surface area contributed by atoms with Crippen LogP contribution in [-0.2, 0) is 10.2 Å². The highest BCUT2D eigenvalue weighted by Gasteiger charge is 2.52. The van der Waals surface area contributed by atoms with Gasteiger partial charge in [0.25, 0.3) is 0 Å². The van der Waals surface area contributed by atoms with Crippen molar-refractivity contribution in [2.45, 2.75) is 18.3 Å². The van der Waals surface area contributed by atoms with Gasteiger partial charge in [-0.2, -0.15) is 0 Å². The molecule has 2 rings (SSSR count). The van der Waals surface area contributed by atoms with E-state index in [-0.39, 0.29) is 5.91 Å². The molecule has 1 fully saturated rings. The number of hydrogen-bond acceptors (Lipinski definition) is 3. The van der Waals surface area contributed by atoms with E-state index >= 15 is 0 Å². The highest BCUT2D eigenvalue weighted by Crippen LogP contribution is 2.49. The monoisotopic (exact) mass is 220 g/mol. The Morgan fingerprint density at radius 3 is 2.69 bits per heavy atom. The molecule has 1 aliphatic carbocycles. The van der Waals surface area contributed by atoms with Gasteiger partial charge in [-0.1, -0.05) is 12.1 Å². The van der Waals surface area contributed by atoms with Crippen molar-refractivity contribution in [3.05, 3.63) is 29.8 Å². The number of hydrazine groups is 1. The second kappa shape index (κ2) is 3.79. The van der Waals surface area contributed by atoms with E-state index in [1.165, 1.54) is 5.01 Å². The molecule has 1 aromatic carbocycles. The number of carbonyl (C=O) groups is 1. The first kappa shape index (κ1) is 11.0. The summed E-state index contributed by atoms with van der Waals surface area (Å²) in [4.78, 5) is 12.0. The molecular weight excluding hydrogens is 204 g/mol. The van der Waals surface area contributed by atoms with E-state index in [0.717, 1.165) is 24.2 Å². The Labute approximate surface area is 95.0 Å². The van der Waals surface area contributed by atoms with Gasteiger partial charge in [0.15, 0.2) is 0 Å². The van der Waals surface area contributed by atoms with Crippen LogP contribution in [0.5, 0.6) is 5.75 Å². The van der Waals surface area contributed by atoms with Crippen LogP contribution in [0.15, 0.2) is 24.3 Å². The van der Waals surface area contributed by atoms with Gasteiger partial charge in [0, 0.05) is 7.05 Å². The first-order chi connectivity index (χ1) is 7.60. The first-order valence-electron chi connectivity index (χ1n) is 5.27. The molecule has 86 valence electrons. The normalized spacial score (nSPS) is 16.7. The van der Waals surface area contributed by atoms with E-state index in [4.69, 9.17) is 10.6 Å². The minimum atomic E-state index is -0.405. The fraction of sp³-hybridized carbons (Fsp3) is 0.417. The number of nitrogens with zero attached hydrogens (tertiary/aromatic N) is 1. The maximum absolute atomic E-state index is 12.0. The molecule has 4 nitrogen and oxygen atoms in total. The van der Waals surface area contributed by atoms with Gasteiger partial charge in [-0.25, -0.2) is 5.84 Å². The number of ether oxygens (including phenoxy) is 1. The van der Waals surface area contributed by atoms with Crippen molar-refractivity contribution >= 4 is 5.91 Å². The molecule has 0 aliphatic heterocycles. The van der Waals surface area contributed by atoms with Gasteiger partial charge >= 0.3 is 0 Å². The molecule has 0 radical (unpaired) electrons. The Morgan fingerprint density at radius 2 is 2.19 bits per heavy atom. The van der Waals surface area contributed by atoms with Gasteiger partial charge in [0.05, 0.1) is 12.5 Å². The highest BCUT2D eigenvalue weighted by molar-refractivity contribution is 5.90. The van der Waals surface area contributed by atoms with E-state index in [9.17, 15) is 4.79 Å². The number of rotatable bonds is 3. The number of likely N-dealkylation sites (N-methyl/N-ethyl adjacent to an activating group) is 1. The fourth-order valence-electron chi connectivity index (χ4n) is 2.01. The van der Waals surface area contributed by atoms with Crippen LogP contribution in [0.25, 0.3) is 0 Å². The molecular formula is C12H16N2O2. The number of carbonyl (C=O) groups excluding carboxylic acids is 1. The summed E-state index contributed by atoms with van der Waals surface area (Å²) in [6.07, 6.45) is 1.72. The molecule has 1 aliphatic rings. The quantitative estimate of drug-likeness (QED) is 0.471. The highest BCUT2D eigenvalue weighted by atomic mass is 16.5. The van der Waals surface area contributed by atoms with Gasteiger partial charge < -0.3 is 4.74 Å². The molecule has 1 aromatic rings. The average molecular weight is 220 g/mol. The molecule has 0 unspecified atom stereocenters. The second-order valence-electron chi connectivity index (χ2n) is 4.23. The lowest BCUT2D eigenvalue weighted by molar-refractivity contribution is -0.132. The third-order valence-corrected chi connectivity index (χ3v) is 3.10. The van der Waals surface area contributed by atoms with Crippen LogP contribution < -0.4 is 10.6 Å². The van der Waals surface area contributed by atoms with E-state index in [2.05, 4.69) is 0 Å². The number of hydrogen-bond donors (Lipinski definition) is 1. The Balaban J connectivity index is 2.33. The summed E-state index contributed by atoms with van der Waals surface area (Å²) >= 11 is 0. The van der Waals surface area contributed by atoms with Crippen molar-refractivity contribution in [3.63, 3.8) is 0 Å². The summed E-state index contributed by atoms with van der Waals surface area (Å²) in [5.74, 6) is 6.27. The number of amides is 1. The van der Waals surface area contributed by atoms with Crippen molar-refractivity contribution in [1.29, 1.82) is 0 Å². The fourth-order valence-corrected chi connectivity index (χ4v) is 2.01. The summed E-state index contributed by atoms with van der Waals surface area (Å²) in [5.41, 5.74) is 0.590. The smallest absolute Gasteiger partial charge is 0.246 e. The number of benzene rings is 1. The van der Waals surface area contributed by atoms with E-state index in [0.29, 0.717) is 0 Å². The summed E-state index contributed by atoms with van der Waals surface area (Å²) in [7, 11) is 3.21. The summed E-state index contributed by atoms with van der Waals surface area (Å²) in [6.45, 7) is 0. The van der Waals surface area contributed by atoms with Crippen LogP contribution in [0.2, 0.25) is 0 Å². The van der Waals surface area contributed by atoms with Crippen molar-refractivity contribution in [3.8, 4) is 5.75 Å². The van der Waals surface area contributed by atoms with Crippen LogP contribution in [-0.4, -0.2) is 25.1 Å². The molecule has 0 atom stereocenters.